The summed E-state index contributed by atoms with van der Waals surface area (Å²) in [5, 5.41) is 0. The Morgan fingerprint density at radius 3 is 2.43 bits per heavy atom. The molecule has 0 aliphatic carbocycles. The number of nitrogens with zero attached hydrogens (tertiary/aromatic N) is 1. The summed E-state index contributed by atoms with van der Waals surface area (Å²) < 4.78 is 38.2. The first-order valence-electron chi connectivity index (χ1n) is 6.49. The molecule has 0 atom stereocenters. The maximum atomic E-state index is 12.7. The summed E-state index contributed by atoms with van der Waals surface area (Å²) in [6.07, 6.45) is -4.35. The molecule has 0 aliphatic rings. The van der Waals surface area contributed by atoms with Gasteiger partial charge in [-0.2, -0.15) is 13.2 Å². The van der Waals surface area contributed by atoms with Gasteiger partial charge in [-0.25, -0.2) is 4.98 Å². The van der Waals surface area contributed by atoms with Crippen LogP contribution < -0.4 is 0 Å². The van der Waals surface area contributed by atoms with Crippen molar-refractivity contribution in [2.45, 2.75) is 20.0 Å². The Balaban J connectivity index is 2.13. The van der Waals surface area contributed by atoms with Gasteiger partial charge in [0, 0.05) is 5.56 Å². The van der Waals surface area contributed by atoms with Crippen molar-refractivity contribution in [3.63, 3.8) is 0 Å². The lowest BCUT2D eigenvalue weighted by Gasteiger charge is -2.05. The van der Waals surface area contributed by atoms with Crippen LogP contribution in [0, 0.1) is 13.8 Å². The molecular formula is C16H13F3N2. The van der Waals surface area contributed by atoms with Crippen LogP contribution in [0.4, 0.5) is 13.2 Å². The highest BCUT2D eigenvalue weighted by atomic mass is 19.4. The van der Waals surface area contributed by atoms with Crippen LogP contribution in [0.25, 0.3) is 22.4 Å². The summed E-state index contributed by atoms with van der Waals surface area (Å²) in [6, 6.07) is 9.43. The Labute approximate surface area is 119 Å². The van der Waals surface area contributed by atoms with Crippen LogP contribution in [0.5, 0.6) is 0 Å². The second-order valence-corrected chi connectivity index (χ2v) is 5.13. The average Bonchev–Trinajstić information content (AvgIpc) is 2.79. The first-order chi connectivity index (χ1) is 9.84. The summed E-state index contributed by atoms with van der Waals surface area (Å²) in [5.41, 5.74) is 3.30. The summed E-state index contributed by atoms with van der Waals surface area (Å²) >= 11 is 0. The van der Waals surface area contributed by atoms with Crippen molar-refractivity contribution in [1.29, 1.82) is 0 Å². The lowest BCUT2D eigenvalue weighted by atomic mass is 10.1. The van der Waals surface area contributed by atoms with E-state index in [4.69, 9.17) is 0 Å². The molecule has 3 rings (SSSR count). The number of nitrogens with one attached hydrogen (secondary N) is 1. The molecule has 21 heavy (non-hydrogen) atoms. The zero-order chi connectivity index (χ0) is 15.2. The minimum atomic E-state index is -4.35. The maximum absolute atomic E-state index is 12.7. The lowest BCUT2D eigenvalue weighted by molar-refractivity contribution is -0.137. The molecule has 0 radical (unpaired) electrons. The second-order valence-electron chi connectivity index (χ2n) is 5.13. The van der Waals surface area contributed by atoms with Gasteiger partial charge in [0.25, 0.3) is 0 Å². The Morgan fingerprint density at radius 2 is 1.76 bits per heavy atom. The van der Waals surface area contributed by atoms with Crippen LogP contribution in [0.2, 0.25) is 0 Å². The molecule has 0 bridgehead atoms. The van der Waals surface area contributed by atoms with Gasteiger partial charge in [0.1, 0.15) is 5.82 Å². The number of rotatable bonds is 1. The molecule has 0 unspecified atom stereocenters. The molecule has 0 spiro atoms. The third-order valence-electron chi connectivity index (χ3n) is 3.45. The van der Waals surface area contributed by atoms with E-state index in [0.717, 1.165) is 28.8 Å². The number of benzene rings is 2. The van der Waals surface area contributed by atoms with E-state index < -0.39 is 11.7 Å². The Morgan fingerprint density at radius 1 is 1.00 bits per heavy atom. The normalized spacial score (nSPS) is 12.0. The fourth-order valence-electron chi connectivity index (χ4n) is 2.39. The van der Waals surface area contributed by atoms with Gasteiger partial charge in [-0.1, -0.05) is 23.8 Å². The van der Waals surface area contributed by atoms with E-state index in [-0.39, 0.29) is 0 Å². The molecule has 108 valence electrons. The van der Waals surface area contributed by atoms with E-state index in [1.54, 1.807) is 0 Å². The third-order valence-corrected chi connectivity index (χ3v) is 3.45. The van der Waals surface area contributed by atoms with Gasteiger partial charge in [0.15, 0.2) is 0 Å². The van der Waals surface area contributed by atoms with Crippen molar-refractivity contribution >= 4 is 11.0 Å². The van der Waals surface area contributed by atoms with Crippen molar-refractivity contribution in [3.8, 4) is 11.4 Å². The van der Waals surface area contributed by atoms with E-state index in [0.29, 0.717) is 16.9 Å². The second kappa shape index (κ2) is 4.62. The number of hydrogen-bond acceptors (Lipinski definition) is 1. The predicted octanol–water partition coefficient (Wildman–Crippen LogP) is 4.87. The number of aryl methyl sites for hydroxylation is 2. The minimum absolute atomic E-state index is 0.389. The fraction of sp³-hybridized carbons (Fsp3) is 0.188. The Bertz CT molecular complexity index is 816. The van der Waals surface area contributed by atoms with Gasteiger partial charge in [0.2, 0.25) is 0 Å². The van der Waals surface area contributed by atoms with E-state index in [2.05, 4.69) is 9.97 Å². The fourth-order valence-corrected chi connectivity index (χ4v) is 2.39. The third kappa shape index (κ3) is 2.51. The number of imidazole rings is 1. The van der Waals surface area contributed by atoms with E-state index in [1.807, 2.05) is 32.0 Å². The smallest absolute Gasteiger partial charge is 0.338 e. The van der Waals surface area contributed by atoms with E-state index in [1.165, 1.54) is 6.07 Å². The van der Waals surface area contributed by atoms with Crippen molar-refractivity contribution < 1.29 is 13.2 Å². The molecule has 1 N–H and O–H groups in total. The minimum Gasteiger partial charge on any atom is -0.338 e. The van der Waals surface area contributed by atoms with E-state index in [9.17, 15) is 13.2 Å². The lowest BCUT2D eigenvalue weighted by Crippen LogP contribution is -2.04. The Kier molecular flexibility index (Phi) is 3.01. The van der Waals surface area contributed by atoms with Gasteiger partial charge in [-0.15, -0.1) is 0 Å². The van der Waals surface area contributed by atoms with Crippen molar-refractivity contribution in [2.24, 2.45) is 0 Å². The number of halogens is 3. The highest BCUT2D eigenvalue weighted by Gasteiger charge is 2.30. The van der Waals surface area contributed by atoms with Crippen LogP contribution >= 0.6 is 0 Å². The van der Waals surface area contributed by atoms with E-state index >= 15 is 0 Å². The molecular weight excluding hydrogens is 277 g/mol. The molecule has 0 saturated heterocycles. The molecule has 0 fully saturated rings. The summed E-state index contributed by atoms with van der Waals surface area (Å²) in [5.74, 6) is 0.585. The van der Waals surface area contributed by atoms with Gasteiger partial charge < -0.3 is 4.98 Å². The van der Waals surface area contributed by atoms with Crippen LogP contribution in [0.1, 0.15) is 16.7 Å². The molecule has 0 saturated carbocycles. The largest absolute Gasteiger partial charge is 0.416 e. The number of alkyl halides is 3. The highest BCUT2D eigenvalue weighted by molar-refractivity contribution is 5.80. The van der Waals surface area contributed by atoms with Crippen molar-refractivity contribution in [1.82, 2.24) is 9.97 Å². The quantitative estimate of drug-likeness (QED) is 0.681. The summed E-state index contributed by atoms with van der Waals surface area (Å²) in [7, 11) is 0. The Hall–Kier alpha value is -2.30. The number of aromatic nitrogens is 2. The molecule has 0 amide bonds. The molecule has 1 aromatic heterocycles. The summed E-state index contributed by atoms with van der Waals surface area (Å²) in [4.78, 5) is 7.35. The topological polar surface area (TPSA) is 28.7 Å². The SMILES string of the molecule is Cc1ccc(-c2nc3ccc(C(F)(F)F)cc3[nH]2)c(C)c1. The predicted molar refractivity (Wildman–Crippen MR) is 76.0 cm³/mol. The van der Waals surface area contributed by atoms with Crippen LogP contribution in [-0.2, 0) is 6.18 Å². The van der Waals surface area contributed by atoms with Gasteiger partial charge in [-0.05, 0) is 37.6 Å². The monoisotopic (exact) mass is 290 g/mol. The van der Waals surface area contributed by atoms with Crippen molar-refractivity contribution in [3.05, 3.63) is 53.1 Å². The number of hydrogen-bond donors (Lipinski definition) is 1. The zero-order valence-corrected chi connectivity index (χ0v) is 11.5. The average molecular weight is 290 g/mol. The number of fused-ring (bicyclic) bond motifs is 1. The molecule has 1 heterocycles. The zero-order valence-electron chi connectivity index (χ0n) is 11.5. The molecule has 2 aromatic carbocycles. The molecule has 5 heteroatoms. The first kappa shape index (κ1) is 13.7. The number of H-pyrrole nitrogens is 1. The standard InChI is InChI=1S/C16H13F3N2/c1-9-3-5-12(10(2)7-9)15-20-13-6-4-11(16(17,18)19)8-14(13)21-15/h3-8H,1-2H3,(H,20,21). The van der Waals surface area contributed by atoms with Crippen LogP contribution in [0.15, 0.2) is 36.4 Å². The van der Waals surface area contributed by atoms with Crippen molar-refractivity contribution in [2.75, 3.05) is 0 Å². The molecule has 0 aliphatic heterocycles. The maximum Gasteiger partial charge on any atom is 0.416 e. The first-order valence-corrected chi connectivity index (χ1v) is 6.49. The van der Waals surface area contributed by atoms with Crippen LogP contribution in [0.3, 0.4) is 0 Å². The highest BCUT2D eigenvalue weighted by Crippen LogP contribution is 2.32. The molecule has 3 aromatic rings. The van der Waals surface area contributed by atoms with Gasteiger partial charge >= 0.3 is 6.18 Å². The van der Waals surface area contributed by atoms with Gasteiger partial charge in [-0.3, -0.25) is 0 Å². The summed E-state index contributed by atoms with van der Waals surface area (Å²) in [6.45, 7) is 3.95. The number of aromatic amines is 1. The van der Waals surface area contributed by atoms with Crippen LogP contribution in [-0.4, -0.2) is 9.97 Å². The molecule has 2 nitrogen and oxygen atoms in total. The van der Waals surface area contributed by atoms with Gasteiger partial charge in [0.05, 0.1) is 16.6 Å².